The number of hydrogen-bond donors (Lipinski definition) is 1. The second-order valence-corrected chi connectivity index (χ2v) is 10.6. The third-order valence-corrected chi connectivity index (χ3v) is 9.57. The Kier molecular flexibility index (Phi) is 4.48. The van der Waals surface area contributed by atoms with Gasteiger partial charge in [-0.05, 0) is 85.4 Å². The van der Waals surface area contributed by atoms with Gasteiger partial charge in [0.2, 0.25) is 5.91 Å². The van der Waals surface area contributed by atoms with E-state index < -0.39 is 0 Å². The second-order valence-electron chi connectivity index (χ2n) is 10.6. The molecule has 0 aromatic carbocycles. The van der Waals surface area contributed by atoms with Crippen LogP contribution in [0.15, 0.2) is 0 Å². The van der Waals surface area contributed by atoms with Crippen LogP contribution in [0.1, 0.15) is 91.9 Å². The molecule has 0 spiro atoms. The lowest BCUT2D eigenvalue weighted by molar-refractivity contribution is -0.143. The summed E-state index contributed by atoms with van der Waals surface area (Å²) < 4.78 is 0. The standard InChI is InChI=1S/C23H39NO/c1-5-6-7-16-8-9-17-21-15(2)14-19-23(4,13-11-20(25)24-19)18(21)10-12-22(16,17)3/h15-19,21H,5-14H2,1-4H3,(H,24,25)/t15?,16?,17-,18+,19?,21-,22+,23+/m0/s1. The molecule has 4 rings (SSSR count). The van der Waals surface area contributed by atoms with Crippen LogP contribution in [-0.2, 0) is 4.79 Å². The van der Waals surface area contributed by atoms with Gasteiger partial charge in [0, 0.05) is 12.5 Å². The third kappa shape index (κ3) is 2.60. The van der Waals surface area contributed by atoms with Crippen LogP contribution in [-0.4, -0.2) is 11.9 Å². The third-order valence-electron chi connectivity index (χ3n) is 9.57. The number of unbranched alkanes of at least 4 members (excludes halogenated alkanes) is 1. The molecule has 0 aromatic heterocycles. The number of rotatable bonds is 3. The Balaban J connectivity index is 1.60. The van der Waals surface area contributed by atoms with E-state index in [0.717, 1.165) is 42.4 Å². The zero-order chi connectivity index (χ0) is 17.8. The molecule has 3 unspecified atom stereocenters. The van der Waals surface area contributed by atoms with Crippen molar-refractivity contribution in [3.05, 3.63) is 0 Å². The first-order valence-electron chi connectivity index (χ1n) is 11.2. The number of carbonyl (C=O) groups is 1. The van der Waals surface area contributed by atoms with E-state index in [1.54, 1.807) is 0 Å². The topological polar surface area (TPSA) is 29.1 Å². The van der Waals surface area contributed by atoms with Gasteiger partial charge in [0.1, 0.15) is 0 Å². The van der Waals surface area contributed by atoms with E-state index in [4.69, 9.17) is 0 Å². The van der Waals surface area contributed by atoms with E-state index in [2.05, 4.69) is 33.0 Å². The minimum Gasteiger partial charge on any atom is -0.353 e. The average Bonchev–Trinajstić information content (AvgIpc) is 2.91. The van der Waals surface area contributed by atoms with Crippen LogP contribution in [0.25, 0.3) is 0 Å². The Morgan fingerprint density at radius 2 is 1.84 bits per heavy atom. The number of piperidine rings is 1. The summed E-state index contributed by atoms with van der Waals surface area (Å²) in [5.41, 5.74) is 0.958. The Morgan fingerprint density at radius 3 is 2.60 bits per heavy atom. The van der Waals surface area contributed by atoms with Gasteiger partial charge in [-0.2, -0.15) is 0 Å². The van der Waals surface area contributed by atoms with Crippen molar-refractivity contribution in [2.45, 2.75) is 97.9 Å². The molecule has 0 radical (unpaired) electrons. The summed E-state index contributed by atoms with van der Waals surface area (Å²) in [6.45, 7) is 10.0. The molecule has 1 amide bonds. The van der Waals surface area contributed by atoms with Crippen molar-refractivity contribution >= 4 is 5.91 Å². The van der Waals surface area contributed by atoms with E-state index in [0.29, 0.717) is 22.8 Å². The van der Waals surface area contributed by atoms with Crippen LogP contribution in [0.2, 0.25) is 0 Å². The Hall–Kier alpha value is -0.530. The highest BCUT2D eigenvalue weighted by Crippen LogP contribution is 2.67. The van der Waals surface area contributed by atoms with E-state index >= 15 is 0 Å². The highest BCUT2D eigenvalue weighted by molar-refractivity contribution is 5.77. The maximum Gasteiger partial charge on any atom is 0.220 e. The number of nitrogens with one attached hydrogen (secondary N) is 1. The summed E-state index contributed by atoms with van der Waals surface area (Å²) in [5.74, 6) is 4.73. The lowest BCUT2D eigenvalue weighted by Gasteiger charge is -2.62. The average molecular weight is 346 g/mol. The smallest absolute Gasteiger partial charge is 0.220 e. The Morgan fingerprint density at radius 1 is 1.08 bits per heavy atom. The normalized spacial score (nSPS) is 52.1. The number of carbonyl (C=O) groups excluding carboxylic acids is 1. The molecule has 1 aliphatic heterocycles. The summed E-state index contributed by atoms with van der Waals surface area (Å²) in [7, 11) is 0. The fourth-order valence-corrected chi connectivity index (χ4v) is 8.08. The summed E-state index contributed by atoms with van der Waals surface area (Å²) >= 11 is 0. The van der Waals surface area contributed by atoms with E-state index in [9.17, 15) is 4.79 Å². The SMILES string of the molecule is CCCCC1CC[C@H]2[C@@H]3C(C)CC4NC(=O)CC[C@]4(C)[C@@H]3CC[C@]12C. The molecular weight excluding hydrogens is 306 g/mol. The van der Waals surface area contributed by atoms with Crippen LogP contribution >= 0.6 is 0 Å². The molecule has 25 heavy (non-hydrogen) atoms. The van der Waals surface area contributed by atoms with E-state index in [1.165, 1.54) is 51.4 Å². The predicted molar refractivity (Wildman–Crippen MR) is 103 cm³/mol. The second kappa shape index (κ2) is 6.27. The Labute approximate surface area is 154 Å². The molecule has 1 saturated heterocycles. The highest BCUT2D eigenvalue weighted by Gasteiger charge is 2.61. The maximum atomic E-state index is 12.0. The lowest BCUT2D eigenvalue weighted by Crippen LogP contribution is -2.63. The molecule has 2 nitrogen and oxygen atoms in total. The van der Waals surface area contributed by atoms with Crippen molar-refractivity contribution in [3.63, 3.8) is 0 Å². The number of amides is 1. The van der Waals surface area contributed by atoms with E-state index in [-0.39, 0.29) is 0 Å². The van der Waals surface area contributed by atoms with Gasteiger partial charge in [-0.1, -0.05) is 40.5 Å². The molecule has 8 atom stereocenters. The van der Waals surface area contributed by atoms with Gasteiger partial charge in [0.25, 0.3) is 0 Å². The van der Waals surface area contributed by atoms with Crippen LogP contribution < -0.4 is 5.32 Å². The minimum atomic E-state index is 0.300. The molecule has 2 heteroatoms. The summed E-state index contributed by atoms with van der Waals surface area (Å²) in [5, 5.41) is 3.39. The molecule has 0 bridgehead atoms. The first-order chi connectivity index (χ1) is 11.9. The van der Waals surface area contributed by atoms with Crippen LogP contribution in [0.3, 0.4) is 0 Å². The first-order valence-corrected chi connectivity index (χ1v) is 11.2. The van der Waals surface area contributed by atoms with Crippen LogP contribution in [0.4, 0.5) is 0 Å². The van der Waals surface area contributed by atoms with Crippen LogP contribution in [0, 0.1) is 40.4 Å². The maximum absolute atomic E-state index is 12.0. The molecule has 1 heterocycles. The molecule has 0 aromatic rings. The van der Waals surface area contributed by atoms with Gasteiger partial charge in [-0.15, -0.1) is 0 Å². The van der Waals surface area contributed by atoms with Gasteiger partial charge in [0.15, 0.2) is 0 Å². The van der Waals surface area contributed by atoms with Crippen molar-refractivity contribution < 1.29 is 4.79 Å². The molecule has 142 valence electrons. The highest BCUT2D eigenvalue weighted by atomic mass is 16.1. The molecule has 4 aliphatic rings. The van der Waals surface area contributed by atoms with Gasteiger partial charge < -0.3 is 5.32 Å². The first kappa shape index (κ1) is 17.9. The van der Waals surface area contributed by atoms with Gasteiger partial charge >= 0.3 is 0 Å². The quantitative estimate of drug-likeness (QED) is 0.713. The van der Waals surface area contributed by atoms with E-state index in [1.807, 2.05) is 0 Å². The zero-order valence-corrected chi connectivity index (χ0v) is 16.9. The van der Waals surface area contributed by atoms with Crippen molar-refractivity contribution in [2.24, 2.45) is 40.4 Å². The molecule has 1 N–H and O–H groups in total. The van der Waals surface area contributed by atoms with Crippen molar-refractivity contribution in [2.75, 3.05) is 0 Å². The lowest BCUT2D eigenvalue weighted by atomic mass is 9.45. The van der Waals surface area contributed by atoms with Gasteiger partial charge in [-0.25, -0.2) is 0 Å². The molecule has 3 aliphatic carbocycles. The Bertz CT molecular complexity index is 530. The summed E-state index contributed by atoms with van der Waals surface area (Å²) in [6, 6.07) is 0.437. The fraction of sp³-hybridized carbons (Fsp3) is 0.957. The van der Waals surface area contributed by atoms with Crippen molar-refractivity contribution in [3.8, 4) is 0 Å². The fourth-order valence-electron chi connectivity index (χ4n) is 8.08. The minimum absolute atomic E-state index is 0.300. The number of fused-ring (bicyclic) bond motifs is 5. The van der Waals surface area contributed by atoms with Gasteiger partial charge in [0.05, 0.1) is 0 Å². The molecule has 4 fully saturated rings. The molecular formula is C23H39NO. The van der Waals surface area contributed by atoms with Crippen molar-refractivity contribution in [1.82, 2.24) is 5.32 Å². The predicted octanol–water partition coefficient (Wildman–Crippen LogP) is 5.56. The van der Waals surface area contributed by atoms with Crippen molar-refractivity contribution in [1.29, 1.82) is 0 Å². The number of hydrogen-bond acceptors (Lipinski definition) is 1. The van der Waals surface area contributed by atoms with Crippen LogP contribution in [0.5, 0.6) is 0 Å². The molecule has 3 saturated carbocycles. The van der Waals surface area contributed by atoms with Gasteiger partial charge in [-0.3, -0.25) is 4.79 Å². The largest absolute Gasteiger partial charge is 0.353 e. The summed E-state index contributed by atoms with van der Waals surface area (Å²) in [6.07, 6.45) is 13.1. The monoisotopic (exact) mass is 345 g/mol. The summed E-state index contributed by atoms with van der Waals surface area (Å²) in [4.78, 5) is 12.0. The zero-order valence-electron chi connectivity index (χ0n) is 16.9.